The summed E-state index contributed by atoms with van der Waals surface area (Å²) in [6.07, 6.45) is 0.511. The molecule has 20 heavy (non-hydrogen) atoms. The summed E-state index contributed by atoms with van der Waals surface area (Å²) in [7, 11) is 4.92. The van der Waals surface area contributed by atoms with Crippen LogP contribution in [0.15, 0.2) is 18.2 Å². The van der Waals surface area contributed by atoms with Crippen molar-refractivity contribution in [2.75, 3.05) is 41.0 Å². The van der Waals surface area contributed by atoms with Crippen molar-refractivity contribution in [3.63, 3.8) is 0 Å². The first-order valence-electron chi connectivity index (χ1n) is 6.54. The van der Waals surface area contributed by atoms with E-state index in [-0.39, 0.29) is 0 Å². The standard InChI is InChI=1S/C15H22N2O3/c1-18-10-9-17(8-4-7-16)12-13-5-6-14(19-2)15(11-13)20-3/h5-6,11H,4,8-10,12H2,1-3H3. The molecule has 0 saturated heterocycles. The Morgan fingerprint density at radius 1 is 1.10 bits per heavy atom. The highest BCUT2D eigenvalue weighted by Crippen LogP contribution is 2.28. The molecule has 0 radical (unpaired) electrons. The smallest absolute Gasteiger partial charge is 0.161 e. The number of methoxy groups -OCH3 is 3. The highest BCUT2D eigenvalue weighted by Gasteiger charge is 2.09. The van der Waals surface area contributed by atoms with Crippen LogP contribution in [0.25, 0.3) is 0 Å². The minimum absolute atomic E-state index is 0.511. The van der Waals surface area contributed by atoms with E-state index in [1.165, 1.54) is 0 Å². The third-order valence-corrected chi connectivity index (χ3v) is 3.01. The van der Waals surface area contributed by atoms with Crippen LogP contribution in [0.5, 0.6) is 11.5 Å². The number of nitrogens with zero attached hydrogens (tertiary/aromatic N) is 2. The van der Waals surface area contributed by atoms with Crippen molar-refractivity contribution in [3.8, 4) is 17.6 Å². The van der Waals surface area contributed by atoms with Crippen LogP contribution in [-0.2, 0) is 11.3 Å². The van der Waals surface area contributed by atoms with Gasteiger partial charge in [-0.2, -0.15) is 5.26 Å². The molecule has 1 aromatic carbocycles. The average molecular weight is 278 g/mol. The Labute approximate surface area is 120 Å². The maximum absolute atomic E-state index is 8.71. The van der Waals surface area contributed by atoms with Crippen LogP contribution in [0.4, 0.5) is 0 Å². The molecule has 0 saturated carbocycles. The summed E-state index contributed by atoms with van der Waals surface area (Å²) in [6.45, 7) is 2.94. The van der Waals surface area contributed by atoms with Gasteiger partial charge in [-0.25, -0.2) is 0 Å². The molecule has 1 rings (SSSR count). The van der Waals surface area contributed by atoms with E-state index in [1.54, 1.807) is 21.3 Å². The number of hydrogen-bond acceptors (Lipinski definition) is 5. The minimum atomic E-state index is 0.511. The zero-order valence-electron chi connectivity index (χ0n) is 12.4. The summed E-state index contributed by atoms with van der Waals surface area (Å²) in [6, 6.07) is 8.04. The molecule has 110 valence electrons. The Hall–Kier alpha value is -1.77. The maximum Gasteiger partial charge on any atom is 0.161 e. The second kappa shape index (κ2) is 9.18. The van der Waals surface area contributed by atoms with Crippen molar-refractivity contribution in [1.82, 2.24) is 4.90 Å². The molecule has 0 aliphatic carbocycles. The molecule has 0 heterocycles. The van der Waals surface area contributed by atoms with Crippen molar-refractivity contribution in [3.05, 3.63) is 23.8 Å². The molecule has 0 unspecified atom stereocenters. The maximum atomic E-state index is 8.71. The zero-order valence-corrected chi connectivity index (χ0v) is 12.4. The van der Waals surface area contributed by atoms with E-state index in [0.29, 0.717) is 13.0 Å². The van der Waals surface area contributed by atoms with Crippen LogP contribution < -0.4 is 9.47 Å². The van der Waals surface area contributed by atoms with Gasteiger partial charge in [0.15, 0.2) is 11.5 Å². The second-order valence-corrected chi connectivity index (χ2v) is 4.37. The molecular weight excluding hydrogens is 256 g/mol. The van der Waals surface area contributed by atoms with Crippen molar-refractivity contribution < 1.29 is 14.2 Å². The molecule has 0 atom stereocenters. The molecule has 0 fully saturated rings. The number of hydrogen-bond donors (Lipinski definition) is 0. The van der Waals surface area contributed by atoms with E-state index in [0.717, 1.165) is 36.7 Å². The van der Waals surface area contributed by atoms with Crippen LogP contribution in [0.3, 0.4) is 0 Å². The lowest BCUT2D eigenvalue weighted by Gasteiger charge is -2.21. The van der Waals surface area contributed by atoms with Gasteiger partial charge in [-0.3, -0.25) is 4.90 Å². The van der Waals surface area contributed by atoms with Gasteiger partial charge >= 0.3 is 0 Å². The van der Waals surface area contributed by atoms with E-state index in [9.17, 15) is 0 Å². The van der Waals surface area contributed by atoms with E-state index in [1.807, 2.05) is 18.2 Å². The molecular formula is C15H22N2O3. The quantitative estimate of drug-likeness (QED) is 0.692. The summed E-state index contributed by atoms with van der Waals surface area (Å²) in [4.78, 5) is 2.19. The van der Waals surface area contributed by atoms with Crippen LogP contribution >= 0.6 is 0 Å². The summed E-state index contributed by atoms with van der Waals surface area (Å²) < 4.78 is 15.6. The average Bonchev–Trinajstić information content (AvgIpc) is 2.49. The SMILES string of the molecule is COCCN(CCC#N)Cc1ccc(OC)c(OC)c1. The molecule has 0 amide bonds. The molecule has 0 bridgehead atoms. The minimum Gasteiger partial charge on any atom is -0.493 e. The monoisotopic (exact) mass is 278 g/mol. The van der Waals surface area contributed by atoms with Crippen LogP contribution in [0.1, 0.15) is 12.0 Å². The summed E-state index contributed by atoms with van der Waals surface area (Å²) in [5.74, 6) is 1.44. The Kier molecular flexibility index (Phi) is 7.48. The summed E-state index contributed by atoms with van der Waals surface area (Å²) >= 11 is 0. The van der Waals surface area contributed by atoms with Gasteiger partial charge in [0.2, 0.25) is 0 Å². The number of benzene rings is 1. The van der Waals surface area contributed by atoms with Gasteiger partial charge in [-0.1, -0.05) is 6.07 Å². The topological polar surface area (TPSA) is 54.7 Å². The van der Waals surface area contributed by atoms with Gasteiger partial charge < -0.3 is 14.2 Å². The third kappa shape index (κ3) is 5.08. The molecule has 0 spiro atoms. The van der Waals surface area contributed by atoms with Crippen molar-refractivity contribution >= 4 is 0 Å². The van der Waals surface area contributed by atoms with E-state index >= 15 is 0 Å². The van der Waals surface area contributed by atoms with E-state index in [4.69, 9.17) is 19.5 Å². The fourth-order valence-corrected chi connectivity index (χ4v) is 1.94. The molecule has 0 aromatic heterocycles. The fraction of sp³-hybridized carbons (Fsp3) is 0.533. The van der Waals surface area contributed by atoms with Crippen LogP contribution in [-0.4, -0.2) is 45.9 Å². The van der Waals surface area contributed by atoms with Crippen LogP contribution in [0.2, 0.25) is 0 Å². The first-order valence-corrected chi connectivity index (χ1v) is 6.54. The molecule has 5 nitrogen and oxygen atoms in total. The lowest BCUT2D eigenvalue weighted by Crippen LogP contribution is -2.28. The number of nitriles is 1. The number of ether oxygens (including phenoxy) is 3. The Morgan fingerprint density at radius 3 is 2.45 bits per heavy atom. The Morgan fingerprint density at radius 2 is 1.85 bits per heavy atom. The molecule has 0 aliphatic heterocycles. The zero-order chi connectivity index (χ0) is 14.8. The predicted molar refractivity (Wildman–Crippen MR) is 76.9 cm³/mol. The summed E-state index contributed by atoms with van der Waals surface area (Å²) in [5.41, 5.74) is 1.12. The summed E-state index contributed by atoms with van der Waals surface area (Å²) in [5, 5.41) is 8.71. The lowest BCUT2D eigenvalue weighted by atomic mass is 10.2. The van der Waals surface area contributed by atoms with Gasteiger partial charge in [0.05, 0.1) is 26.9 Å². The van der Waals surface area contributed by atoms with Crippen LogP contribution in [0, 0.1) is 11.3 Å². The predicted octanol–water partition coefficient (Wildman–Crippen LogP) is 2.07. The van der Waals surface area contributed by atoms with Gasteiger partial charge in [-0.15, -0.1) is 0 Å². The van der Waals surface area contributed by atoms with E-state index in [2.05, 4.69) is 11.0 Å². The highest BCUT2D eigenvalue weighted by molar-refractivity contribution is 5.42. The highest BCUT2D eigenvalue weighted by atomic mass is 16.5. The van der Waals surface area contributed by atoms with Crippen molar-refractivity contribution in [1.29, 1.82) is 5.26 Å². The molecule has 1 aromatic rings. The normalized spacial score (nSPS) is 10.3. The van der Waals surface area contributed by atoms with Gasteiger partial charge in [0.1, 0.15) is 0 Å². The molecule has 5 heteroatoms. The first kappa shape index (κ1) is 16.3. The second-order valence-electron chi connectivity index (χ2n) is 4.37. The Bertz CT molecular complexity index is 443. The van der Waals surface area contributed by atoms with Crippen molar-refractivity contribution in [2.24, 2.45) is 0 Å². The van der Waals surface area contributed by atoms with Crippen molar-refractivity contribution in [2.45, 2.75) is 13.0 Å². The van der Waals surface area contributed by atoms with Gasteiger partial charge in [0.25, 0.3) is 0 Å². The molecule has 0 N–H and O–H groups in total. The van der Waals surface area contributed by atoms with Gasteiger partial charge in [-0.05, 0) is 17.7 Å². The Balaban J connectivity index is 2.73. The molecule has 0 aliphatic rings. The fourth-order valence-electron chi connectivity index (χ4n) is 1.94. The largest absolute Gasteiger partial charge is 0.493 e. The third-order valence-electron chi connectivity index (χ3n) is 3.01. The number of rotatable bonds is 9. The van der Waals surface area contributed by atoms with Gasteiger partial charge in [0, 0.05) is 33.2 Å². The lowest BCUT2D eigenvalue weighted by molar-refractivity contribution is 0.145. The van der Waals surface area contributed by atoms with E-state index < -0.39 is 0 Å². The first-order chi connectivity index (χ1) is 9.74.